The predicted octanol–water partition coefficient (Wildman–Crippen LogP) is 4.65. The van der Waals surface area contributed by atoms with Gasteiger partial charge in [0.15, 0.2) is 0 Å². The lowest BCUT2D eigenvalue weighted by atomic mass is 10.0. The van der Waals surface area contributed by atoms with Crippen LogP contribution >= 0.6 is 11.3 Å². The third-order valence-electron chi connectivity index (χ3n) is 6.60. The molecule has 33 heavy (non-hydrogen) atoms. The van der Waals surface area contributed by atoms with Crippen LogP contribution in [-0.4, -0.2) is 41.6 Å². The molecule has 6 nitrogen and oxygen atoms in total. The SMILES string of the molecule is O=C(c1cccc(S(=O)(=O)N2CCc3sccc3C2)c1)N1CCCCCC1c1ccncc1. The van der Waals surface area contributed by atoms with Crippen LogP contribution in [0.5, 0.6) is 0 Å². The van der Waals surface area contributed by atoms with E-state index in [0.717, 1.165) is 43.2 Å². The van der Waals surface area contributed by atoms with Gasteiger partial charge in [-0.3, -0.25) is 9.78 Å². The van der Waals surface area contributed by atoms with Gasteiger partial charge in [0, 0.05) is 42.5 Å². The number of amides is 1. The van der Waals surface area contributed by atoms with Crippen molar-refractivity contribution >= 4 is 27.3 Å². The molecule has 0 aliphatic carbocycles. The number of sulfonamides is 1. The summed E-state index contributed by atoms with van der Waals surface area (Å²) in [5, 5.41) is 2.01. The quantitative estimate of drug-likeness (QED) is 0.544. The number of nitrogens with zero attached hydrogens (tertiary/aromatic N) is 3. The molecular formula is C25H27N3O3S2. The van der Waals surface area contributed by atoms with E-state index in [2.05, 4.69) is 4.98 Å². The molecule has 0 N–H and O–H groups in total. The minimum absolute atomic E-state index is 0.0256. The molecule has 8 heteroatoms. The lowest BCUT2D eigenvalue weighted by molar-refractivity contribution is 0.0680. The van der Waals surface area contributed by atoms with Gasteiger partial charge >= 0.3 is 0 Å². The number of rotatable bonds is 4. The molecule has 0 bridgehead atoms. The third-order valence-corrected chi connectivity index (χ3v) is 9.46. The lowest BCUT2D eigenvalue weighted by Gasteiger charge is -2.31. The van der Waals surface area contributed by atoms with Gasteiger partial charge in [-0.05, 0) is 72.2 Å². The molecule has 1 aromatic carbocycles. The molecular weight excluding hydrogens is 454 g/mol. The molecule has 0 spiro atoms. The van der Waals surface area contributed by atoms with Crippen molar-refractivity contribution in [3.8, 4) is 0 Å². The van der Waals surface area contributed by atoms with Crippen molar-refractivity contribution in [2.45, 2.75) is 49.6 Å². The average Bonchev–Trinajstić information content (AvgIpc) is 3.19. The van der Waals surface area contributed by atoms with E-state index in [1.807, 2.05) is 28.5 Å². The van der Waals surface area contributed by atoms with E-state index in [0.29, 0.717) is 25.2 Å². The molecule has 5 rings (SSSR count). The van der Waals surface area contributed by atoms with Crippen LogP contribution in [0.2, 0.25) is 0 Å². The zero-order valence-corrected chi connectivity index (χ0v) is 20.0. The molecule has 1 unspecified atom stereocenters. The van der Waals surface area contributed by atoms with E-state index < -0.39 is 10.0 Å². The molecule has 1 fully saturated rings. The fourth-order valence-electron chi connectivity index (χ4n) is 4.82. The first kappa shape index (κ1) is 22.3. The van der Waals surface area contributed by atoms with Crippen LogP contribution < -0.4 is 0 Å². The summed E-state index contributed by atoms with van der Waals surface area (Å²) in [5.74, 6) is -0.116. The van der Waals surface area contributed by atoms with Gasteiger partial charge in [0.1, 0.15) is 0 Å². The molecule has 172 valence electrons. The first-order chi connectivity index (χ1) is 16.0. The Kier molecular flexibility index (Phi) is 6.32. The third kappa shape index (κ3) is 4.47. The Morgan fingerprint density at radius 1 is 1.03 bits per heavy atom. The maximum atomic E-state index is 13.6. The molecule has 1 amide bonds. The van der Waals surface area contributed by atoms with Gasteiger partial charge in [0.2, 0.25) is 10.0 Å². The molecule has 4 heterocycles. The number of hydrogen-bond acceptors (Lipinski definition) is 5. The highest BCUT2D eigenvalue weighted by Crippen LogP contribution is 2.32. The van der Waals surface area contributed by atoms with Gasteiger partial charge in [-0.1, -0.05) is 18.9 Å². The number of aromatic nitrogens is 1. The normalized spacial score (nSPS) is 19.6. The van der Waals surface area contributed by atoms with E-state index in [-0.39, 0.29) is 16.8 Å². The lowest BCUT2D eigenvalue weighted by Crippen LogP contribution is -2.36. The largest absolute Gasteiger partial charge is 0.332 e. The van der Waals surface area contributed by atoms with Crippen molar-refractivity contribution in [1.82, 2.24) is 14.2 Å². The maximum Gasteiger partial charge on any atom is 0.254 e. The van der Waals surface area contributed by atoms with E-state index >= 15 is 0 Å². The summed E-state index contributed by atoms with van der Waals surface area (Å²) in [6.45, 7) is 1.51. The first-order valence-electron chi connectivity index (χ1n) is 11.4. The summed E-state index contributed by atoms with van der Waals surface area (Å²) >= 11 is 1.68. The van der Waals surface area contributed by atoms with E-state index in [4.69, 9.17) is 0 Å². The van der Waals surface area contributed by atoms with E-state index in [1.54, 1.807) is 48.0 Å². The van der Waals surface area contributed by atoms with Gasteiger partial charge in [-0.25, -0.2) is 8.42 Å². The van der Waals surface area contributed by atoms with Gasteiger partial charge in [0.25, 0.3) is 5.91 Å². The summed E-state index contributed by atoms with van der Waals surface area (Å²) in [6.07, 6.45) is 8.23. The van der Waals surface area contributed by atoms with E-state index in [1.165, 1.54) is 9.18 Å². The minimum atomic E-state index is -3.68. The van der Waals surface area contributed by atoms with Crippen LogP contribution in [-0.2, 0) is 23.0 Å². The Labute approximate surface area is 198 Å². The average molecular weight is 482 g/mol. The van der Waals surface area contributed by atoms with Gasteiger partial charge in [-0.15, -0.1) is 11.3 Å². The molecule has 2 aliphatic rings. The second kappa shape index (κ2) is 9.37. The van der Waals surface area contributed by atoms with Crippen molar-refractivity contribution in [2.24, 2.45) is 0 Å². The predicted molar refractivity (Wildman–Crippen MR) is 129 cm³/mol. The highest BCUT2D eigenvalue weighted by molar-refractivity contribution is 7.89. The van der Waals surface area contributed by atoms with Crippen LogP contribution in [0, 0.1) is 0 Å². The Morgan fingerprint density at radius 2 is 1.88 bits per heavy atom. The van der Waals surface area contributed by atoms with Crippen LogP contribution in [0.25, 0.3) is 0 Å². The zero-order chi connectivity index (χ0) is 22.8. The highest BCUT2D eigenvalue weighted by Gasteiger charge is 2.31. The van der Waals surface area contributed by atoms with Crippen molar-refractivity contribution in [1.29, 1.82) is 0 Å². The molecule has 1 saturated heterocycles. The number of likely N-dealkylation sites (tertiary alicyclic amines) is 1. The fraction of sp³-hybridized carbons (Fsp3) is 0.360. The Hall–Kier alpha value is -2.55. The number of pyridine rings is 1. The standard InChI is InChI=1S/C25H27N3O3S2/c29-25(28-14-3-1-2-7-23(28)19-8-12-26-13-9-19)20-5-4-6-22(17-20)33(30,31)27-15-10-24-21(18-27)11-16-32-24/h4-6,8-9,11-13,16-17,23H,1-3,7,10,14-15,18H2. The second-order valence-electron chi connectivity index (χ2n) is 8.63. The van der Waals surface area contributed by atoms with Crippen LogP contribution in [0.1, 0.15) is 58.1 Å². The summed E-state index contributed by atoms with van der Waals surface area (Å²) < 4.78 is 28.3. The summed E-state index contributed by atoms with van der Waals surface area (Å²) in [5.41, 5.74) is 2.57. The van der Waals surface area contributed by atoms with Gasteiger partial charge in [0.05, 0.1) is 10.9 Å². The smallest absolute Gasteiger partial charge is 0.254 e. The van der Waals surface area contributed by atoms with Gasteiger partial charge < -0.3 is 4.90 Å². The fourth-order valence-corrected chi connectivity index (χ4v) is 7.17. The number of fused-ring (bicyclic) bond motifs is 1. The second-order valence-corrected chi connectivity index (χ2v) is 11.6. The Balaban J connectivity index is 1.42. The molecule has 2 aromatic heterocycles. The number of carbonyl (C=O) groups is 1. The number of hydrogen-bond donors (Lipinski definition) is 0. The van der Waals surface area contributed by atoms with Gasteiger partial charge in [-0.2, -0.15) is 4.31 Å². The van der Waals surface area contributed by atoms with Crippen LogP contribution in [0.4, 0.5) is 0 Å². The molecule has 1 atom stereocenters. The minimum Gasteiger partial charge on any atom is -0.332 e. The summed E-state index contributed by atoms with van der Waals surface area (Å²) in [7, 11) is -3.68. The first-order valence-corrected chi connectivity index (χ1v) is 13.7. The summed E-state index contributed by atoms with van der Waals surface area (Å²) in [6, 6.07) is 12.5. The topological polar surface area (TPSA) is 70.6 Å². The molecule has 3 aromatic rings. The molecule has 0 radical (unpaired) electrons. The number of thiophene rings is 1. The molecule has 0 saturated carbocycles. The van der Waals surface area contributed by atoms with E-state index in [9.17, 15) is 13.2 Å². The summed E-state index contributed by atoms with van der Waals surface area (Å²) in [4.78, 5) is 21.1. The zero-order valence-electron chi connectivity index (χ0n) is 18.4. The number of carbonyl (C=O) groups excluding carboxylic acids is 1. The Morgan fingerprint density at radius 3 is 2.73 bits per heavy atom. The Bertz CT molecular complexity index is 1240. The van der Waals surface area contributed by atoms with Crippen LogP contribution in [0.3, 0.4) is 0 Å². The highest BCUT2D eigenvalue weighted by atomic mass is 32.2. The van der Waals surface area contributed by atoms with Crippen molar-refractivity contribution in [3.05, 3.63) is 81.8 Å². The van der Waals surface area contributed by atoms with Crippen molar-refractivity contribution < 1.29 is 13.2 Å². The number of benzene rings is 1. The van der Waals surface area contributed by atoms with Crippen LogP contribution in [0.15, 0.2) is 65.1 Å². The molecule has 2 aliphatic heterocycles. The van der Waals surface area contributed by atoms with Crippen molar-refractivity contribution in [3.63, 3.8) is 0 Å². The monoisotopic (exact) mass is 481 g/mol. The maximum absolute atomic E-state index is 13.6. The van der Waals surface area contributed by atoms with Crippen molar-refractivity contribution in [2.75, 3.05) is 13.1 Å².